The molecule has 2 rings (SSSR count). The van der Waals surface area contributed by atoms with Gasteiger partial charge >= 0.3 is 0 Å². The zero-order valence-electron chi connectivity index (χ0n) is 9.52. The Hall–Kier alpha value is -1.13. The largest absolute Gasteiger partial charge is 0.311 e. The average molecular weight is 235 g/mol. The van der Waals surface area contributed by atoms with Crippen LogP contribution in [-0.2, 0) is 13.1 Å². The Morgan fingerprint density at radius 2 is 2.38 bits per heavy atom. The van der Waals surface area contributed by atoms with E-state index >= 15 is 0 Å². The Morgan fingerprint density at radius 3 is 3.12 bits per heavy atom. The molecule has 0 aromatic carbocycles. The Labute approximate surface area is 100 Å². The van der Waals surface area contributed by atoms with Crippen molar-refractivity contribution in [2.75, 3.05) is 6.54 Å². The van der Waals surface area contributed by atoms with Gasteiger partial charge in [0.1, 0.15) is 0 Å². The molecule has 3 nitrogen and oxygen atoms in total. The fourth-order valence-electron chi connectivity index (χ4n) is 1.60. The molecule has 0 bridgehead atoms. The molecule has 0 saturated carbocycles. The number of hydrogen-bond donors (Lipinski definition) is 1. The molecule has 0 spiro atoms. The maximum Gasteiger partial charge on any atom is 0.0671 e. The van der Waals surface area contributed by atoms with E-state index in [0.29, 0.717) is 0 Å². The first-order chi connectivity index (χ1) is 7.90. The Morgan fingerprint density at radius 1 is 1.44 bits per heavy atom. The fraction of sp³-hybridized carbons (Fsp3) is 0.417. The van der Waals surface area contributed by atoms with Crippen molar-refractivity contribution in [2.45, 2.75) is 26.4 Å². The smallest absolute Gasteiger partial charge is 0.0671 e. The van der Waals surface area contributed by atoms with Gasteiger partial charge in [-0.15, -0.1) is 0 Å². The topological polar surface area (TPSA) is 29.9 Å². The minimum Gasteiger partial charge on any atom is -0.311 e. The van der Waals surface area contributed by atoms with Crippen LogP contribution in [-0.4, -0.2) is 16.3 Å². The van der Waals surface area contributed by atoms with Crippen LogP contribution in [0.25, 0.3) is 0 Å². The third-order valence-electron chi connectivity index (χ3n) is 2.45. The van der Waals surface area contributed by atoms with Crippen molar-refractivity contribution >= 4 is 11.3 Å². The number of nitrogens with one attached hydrogen (secondary N) is 1. The van der Waals surface area contributed by atoms with Gasteiger partial charge in [-0.05, 0) is 41.4 Å². The van der Waals surface area contributed by atoms with Crippen molar-refractivity contribution in [2.24, 2.45) is 0 Å². The van der Waals surface area contributed by atoms with Crippen LogP contribution in [0, 0.1) is 0 Å². The van der Waals surface area contributed by atoms with Gasteiger partial charge in [-0.25, -0.2) is 0 Å². The van der Waals surface area contributed by atoms with Crippen LogP contribution in [0.4, 0.5) is 0 Å². The highest BCUT2D eigenvalue weighted by atomic mass is 32.1. The second kappa shape index (κ2) is 5.82. The molecule has 0 aliphatic rings. The lowest BCUT2D eigenvalue weighted by Crippen LogP contribution is -2.17. The summed E-state index contributed by atoms with van der Waals surface area (Å²) < 4.78 is 2.06. The quantitative estimate of drug-likeness (QED) is 0.780. The molecule has 0 saturated heterocycles. The van der Waals surface area contributed by atoms with Crippen LogP contribution in [0.3, 0.4) is 0 Å². The molecule has 0 atom stereocenters. The minimum absolute atomic E-state index is 0.875. The first-order valence-corrected chi connectivity index (χ1v) is 6.57. The first-order valence-electron chi connectivity index (χ1n) is 5.62. The molecule has 0 aliphatic heterocycles. The summed E-state index contributed by atoms with van der Waals surface area (Å²) >= 11 is 1.73. The first kappa shape index (κ1) is 11.4. The van der Waals surface area contributed by atoms with Crippen molar-refractivity contribution < 1.29 is 0 Å². The maximum atomic E-state index is 4.35. The maximum absolute atomic E-state index is 4.35. The molecule has 2 aromatic rings. The number of nitrogens with zero attached hydrogens (tertiary/aromatic N) is 2. The Bertz CT molecular complexity index is 406. The highest BCUT2D eigenvalue weighted by molar-refractivity contribution is 7.07. The SMILES string of the molecule is CCCNCc1ccnn1Cc1ccsc1. The van der Waals surface area contributed by atoms with E-state index < -0.39 is 0 Å². The van der Waals surface area contributed by atoms with Crippen LogP contribution in [0.15, 0.2) is 29.1 Å². The van der Waals surface area contributed by atoms with Crippen LogP contribution < -0.4 is 5.32 Å². The van der Waals surface area contributed by atoms with Crippen molar-refractivity contribution in [1.82, 2.24) is 15.1 Å². The second-order valence-electron chi connectivity index (χ2n) is 3.79. The van der Waals surface area contributed by atoms with Gasteiger partial charge in [0.25, 0.3) is 0 Å². The lowest BCUT2D eigenvalue weighted by atomic mass is 10.3. The summed E-state index contributed by atoms with van der Waals surface area (Å²) in [6.07, 6.45) is 3.04. The van der Waals surface area contributed by atoms with E-state index in [1.54, 1.807) is 11.3 Å². The zero-order valence-corrected chi connectivity index (χ0v) is 10.3. The number of aromatic nitrogens is 2. The summed E-state index contributed by atoms with van der Waals surface area (Å²) in [5.74, 6) is 0. The zero-order chi connectivity index (χ0) is 11.2. The van der Waals surface area contributed by atoms with Gasteiger partial charge in [0.15, 0.2) is 0 Å². The van der Waals surface area contributed by atoms with E-state index in [1.807, 2.05) is 6.20 Å². The van der Waals surface area contributed by atoms with Gasteiger partial charge in [-0.1, -0.05) is 6.92 Å². The summed E-state index contributed by atoms with van der Waals surface area (Å²) in [5.41, 5.74) is 2.57. The van der Waals surface area contributed by atoms with E-state index in [4.69, 9.17) is 0 Å². The third-order valence-corrected chi connectivity index (χ3v) is 3.18. The highest BCUT2D eigenvalue weighted by Crippen LogP contribution is 2.09. The van der Waals surface area contributed by atoms with Gasteiger partial charge in [-0.2, -0.15) is 16.4 Å². The molecule has 0 unspecified atom stereocenters. The predicted molar refractivity (Wildman–Crippen MR) is 67.6 cm³/mol. The van der Waals surface area contributed by atoms with Crippen molar-refractivity contribution in [3.05, 3.63) is 40.3 Å². The third kappa shape index (κ3) is 2.93. The highest BCUT2D eigenvalue weighted by Gasteiger charge is 2.02. The van der Waals surface area contributed by atoms with Crippen molar-refractivity contribution in [1.29, 1.82) is 0 Å². The number of thiophene rings is 1. The van der Waals surface area contributed by atoms with Crippen LogP contribution >= 0.6 is 11.3 Å². The molecule has 2 aromatic heterocycles. The van der Waals surface area contributed by atoms with E-state index in [-0.39, 0.29) is 0 Å². The van der Waals surface area contributed by atoms with Gasteiger partial charge in [0.2, 0.25) is 0 Å². The predicted octanol–water partition coefficient (Wildman–Crippen LogP) is 2.49. The molecule has 16 heavy (non-hydrogen) atoms. The number of hydrogen-bond acceptors (Lipinski definition) is 3. The molecular formula is C12H17N3S. The summed E-state index contributed by atoms with van der Waals surface area (Å²) in [4.78, 5) is 0. The molecule has 0 radical (unpaired) electrons. The van der Waals surface area contributed by atoms with Gasteiger partial charge in [-0.3, -0.25) is 4.68 Å². The van der Waals surface area contributed by atoms with Crippen molar-refractivity contribution in [3.63, 3.8) is 0 Å². The number of rotatable bonds is 6. The summed E-state index contributed by atoms with van der Waals surface area (Å²) in [6.45, 7) is 5.01. The van der Waals surface area contributed by atoms with E-state index in [1.165, 1.54) is 17.7 Å². The Kier molecular flexibility index (Phi) is 4.13. The molecule has 86 valence electrons. The van der Waals surface area contributed by atoms with E-state index in [9.17, 15) is 0 Å². The van der Waals surface area contributed by atoms with Crippen LogP contribution in [0.5, 0.6) is 0 Å². The van der Waals surface area contributed by atoms with Crippen LogP contribution in [0.1, 0.15) is 24.6 Å². The molecule has 2 heterocycles. The van der Waals surface area contributed by atoms with E-state index in [2.05, 4.69) is 44.9 Å². The standard InChI is InChI=1S/C12H17N3S/c1-2-5-13-8-12-3-6-14-15(12)9-11-4-7-16-10-11/h3-4,6-7,10,13H,2,5,8-9H2,1H3. The van der Waals surface area contributed by atoms with E-state index in [0.717, 1.165) is 19.6 Å². The van der Waals surface area contributed by atoms with Gasteiger partial charge < -0.3 is 5.32 Å². The molecule has 0 aliphatic carbocycles. The van der Waals surface area contributed by atoms with Gasteiger partial charge in [0.05, 0.1) is 12.2 Å². The lowest BCUT2D eigenvalue weighted by molar-refractivity contribution is 0.593. The normalized spacial score (nSPS) is 10.8. The Balaban J connectivity index is 1.96. The monoisotopic (exact) mass is 235 g/mol. The molecular weight excluding hydrogens is 218 g/mol. The fourth-order valence-corrected chi connectivity index (χ4v) is 2.26. The average Bonchev–Trinajstić information content (AvgIpc) is 2.92. The van der Waals surface area contributed by atoms with Crippen molar-refractivity contribution in [3.8, 4) is 0 Å². The molecule has 1 N–H and O–H groups in total. The molecule has 0 amide bonds. The second-order valence-corrected chi connectivity index (χ2v) is 4.57. The minimum atomic E-state index is 0.875. The summed E-state index contributed by atoms with van der Waals surface area (Å²) in [7, 11) is 0. The summed E-state index contributed by atoms with van der Waals surface area (Å²) in [5, 5.41) is 12.0. The lowest BCUT2D eigenvalue weighted by Gasteiger charge is -2.07. The molecule has 4 heteroatoms. The van der Waals surface area contributed by atoms with Gasteiger partial charge in [0, 0.05) is 12.7 Å². The summed E-state index contributed by atoms with van der Waals surface area (Å²) in [6, 6.07) is 4.23. The molecule has 0 fully saturated rings. The van der Waals surface area contributed by atoms with Crippen LogP contribution in [0.2, 0.25) is 0 Å².